The number of carbonyl (C=O) groups excluding carboxylic acids is 1. The van der Waals surface area contributed by atoms with Gasteiger partial charge in [0.2, 0.25) is 11.7 Å². The van der Waals surface area contributed by atoms with Crippen LogP contribution in [-0.2, 0) is 9.53 Å². The Kier molecular flexibility index (Phi) is 6.92. The van der Waals surface area contributed by atoms with Crippen LogP contribution in [-0.4, -0.2) is 43.2 Å². The van der Waals surface area contributed by atoms with Crippen LogP contribution >= 0.6 is 0 Å². The molecular weight excluding hydrogens is 421 g/mol. The molecule has 0 saturated carbocycles. The molecule has 0 aliphatic carbocycles. The molecule has 3 rings (SSSR count). The molecule has 1 amide bonds. The van der Waals surface area contributed by atoms with Gasteiger partial charge in [-0.1, -0.05) is 12.0 Å². The van der Waals surface area contributed by atoms with Crippen molar-refractivity contribution >= 4 is 12.0 Å². The second kappa shape index (κ2) is 9.62. The van der Waals surface area contributed by atoms with E-state index >= 15 is 0 Å². The van der Waals surface area contributed by atoms with E-state index in [9.17, 15) is 26.7 Å². The molecule has 1 atom stereocenters. The van der Waals surface area contributed by atoms with Crippen LogP contribution in [0.4, 0.5) is 22.0 Å². The van der Waals surface area contributed by atoms with Gasteiger partial charge in [-0.05, 0) is 24.3 Å². The first-order chi connectivity index (χ1) is 14.8. The van der Waals surface area contributed by atoms with Gasteiger partial charge in [0.05, 0.1) is 18.7 Å². The van der Waals surface area contributed by atoms with Crippen molar-refractivity contribution in [1.82, 2.24) is 4.90 Å². The van der Waals surface area contributed by atoms with Gasteiger partial charge in [0.25, 0.3) is 0 Å². The molecule has 0 aromatic heterocycles. The van der Waals surface area contributed by atoms with Crippen molar-refractivity contribution in [2.45, 2.75) is 6.10 Å². The van der Waals surface area contributed by atoms with Crippen LogP contribution in [0.3, 0.4) is 0 Å². The highest BCUT2D eigenvalue weighted by atomic mass is 19.2. The van der Waals surface area contributed by atoms with E-state index in [0.717, 1.165) is 6.08 Å². The number of hydrogen-bond acceptors (Lipinski definition) is 3. The summed E-state index contributed by atoms with van der Waals surface area (Å²) >= 11 is 0. The van der Waals surface area contributed by atoms with Crippen LogP contribution in [0.25, 0.3) is 6.08 Å². The Morgan fingerprint density at radius 3 is 2.52 bits per heavy atom. The molecule has 0 radical (unpaired) electrons. The molecule has 1 saturated heterocycles. The first kappa shape index (κ1) is 22.3. The van der Waals surface area contributed by atoms with E-state index in [1.807, 2.05) is 0 Å². The minimum Gasteiger partial charge on any atom is -0.491 e. The number of ether oxygens (including phenoxy) is 2. The third kappa shape index (κ3) is 5.03. The molecule has 4 nitrogen and oxygen atoms in total. The van der Waals surface area contributed by atoms with Gasteiger partial charge < -0.3 is 14.4 Å². The molecule has 1 aliphatic heterocycles. The largest absolute Gasteiger partial charge is 0.491 e. The molecule has 1 aliphatic rings. The Morgan fingerprint density at radius 2 is 1.84 bits per heavy atom. The Hall–Kier alpha value is -3.38. The number of hydrogen-bond donors (Lipinski definition) is 0. The number of benzene rings is 2. The molecule has 31 heavy (non-hydrogen) atoms. The first-order valence-corrected chi connectivity index (χ1v) is 9.11. The standard InChI is InChI=1S/C22H16F5NO3/c1-2-13-4-3-5-14(10-13)31-12-15-11-28(8-9-30-15)17(29)7-6-16-18(23)20(25)22(27)21(26)19(16)24/h1,3-7,10,15H,8-9,11-12H2. The number of carbonyl (C=O) groups is 1. The summed E-state index contributed by atoms with van der Waals surface area (Å²) in [5.41, 5.74) is -0.552. The predicted octanol–water partition coefficient (Wildman–Crippen LogP) is 3.68. The Labute approximate surface area is 174 Å². The second-order valence-corrected chi connectivity index (χ2v) is 6.58. The molecular formula is C22H16F5NO3. The summed E-state index contributed by atoms with van der Waals surface area (Å²) in [7, 11) is 0. The molecule has 9 heteroatoms. The van der Waals surface area contributed by atoms with E-state index in [2.05, 4.69) is 5.92 Å². The van der Waals surface area contributed by atoms with Crippen molar-refractivity contribution in [1.29, 1.82) is 0 Å². The fourth-order valence-corrected chi connectivity index (χ4v) is 2.91. The maximum absolute atomic E-state index is 13.7. The van der Waals surface area contributed by atoms with Gasteiger partial charge in [-0.2, -0.15) is 0 Å². The number of terminal acetylenes is 1. The molecule has 0 spiro atoms. The lowest BCUT2D eigenvalue weighted by atomic mass is 10.1. The number of rotatable bonds is 5. The van der Waals surface area contributed by atoms with E-state index in [1.54, 1.807) is 24.3 Å². The maximum Gasteiger partial charge on any atom is 0.246 e. The van der Waals surface area contributed by atoms with Crippen LogP contribution < -0.4 is 4.74 Å². The van der Waals surface area contributed by atoms with Gasteiger partial charge in [-0.3, -0.25) is 4.79 Å². The van der Waals surface area contributed by atoms with Crippen LogP contribution in [0.15, 0.2) is 30.3 Å². The lowest BCUT2D eigenvalue weighted by molar-refractivity contribution is -0.134. The van der Waals surface area contributed by atoms with Gasteiger partial charge in [-0.15, -0.1) is 6.42 Å². The molecule has 0 bridgehead atoms. The maximum atomic E-state index is 13.7. The van der Waals surface area contributed by atoms with Crippen molar-refractivity contribution in [3.8, 4) is 18.1 Å². The van der Waals surface area contributed by atoms with Gasteiger partial charge in [-0.25, -0.2) is 22.0 Å². The van der Waals surface area contributed by atoms with Crippen molar-refractivity contribution in [3.63, 3.8) is 0 Å². The first-order valence-electron chi connectivity index (χ1n) is 9.11. The molecule has 2 aromatic carbocycles. The normalized spacial score (nSPS) is 16.4. The van der Waals surface area contributed by atoms with E-state index in [4.69, 9.17) is 15.9 Å². The van der Waals surface area contributed by atoms with Crippen LogP contribution in [0.5, 0.6) is 5.75 Å². The summed E-state index contributed by atoms with van der Waals surface area (Å²) in [6, 6.07) is 6.84. The highest BCUT2D eigenvalue weighted by molar-refractivity contribution is 5.92. The van der Waals surface area contributed by atoms with E-state index in [-0.39, 0.29) is 26.3 Å². The third-order valence-electron chi connectivity index (χ3n) is 4.52. The van der Waals surface area contributed by atoms with E-state index in [1.165, 1.54) is 4.90 Å². The Balaban J connectivity index is 1.64. The summed E-state index contributed by atoms with van der Waals surface area (Å²) in [5, 5.41) is 0. The summed E-state index contributed by atoms with van der Waals surface area (Å²) < 4.78 is 78.3. The lowest BCUT2D eigenvalue weighted by Gasteiger charge is -2.32. The number of nitrogens with zero attached hydrogens (tertiary/aromatic N) is 1. The van der Waals surface area contributed by atoms with Gasteiger partial charge in [0, 0.05) is 18.2 Å². The molecule has 1 fully saturated rings. The van der Waals surface area contributed by atoms with Crippen LogP contribution in [0, 0.1) is 41.4 Å². The van der Waals surface area contributed by atoms with Crippen molar-refractivity contribution in [2.75, 3.05) is 26.3 Å². The minimum absolute atomic E-state index is 0.106. The number of halogens is 5. The zero-order valence-corrected chi connectivity index (χ0v) is 16.0. The topological polar surface area (TPSA) is 38.8 Å². The summed E-state index contributed by atoms with van der Waals surface area (Å²) in [6.45, 7) is 0.582. The fourth-order valence-electron chi connectivity index (χ4n) is 2.91. The van der Waals surface area contributed by atoms with Gasteiger partial charge in [0.1, 0.15) is 18.5 Å². The lowest BCUT2D eigenvalue weighted by Crippen LogP contribution is -2.47. The number of morpholine rings is 1. The van der Waals surface area contributed by atoms with E-state index < -0.39 is 46.7 Å². The highest BCUT2D eigenvalue weighted by Gasteiger charge is 2.26. The monoisotopic (exact) mass is 437 g/mol. The quantitative estimate of drug-likeness (QED) is 0.236. The zero-order chi connectivity index (χ0) is 22.5. The second-order valence-electron chi connectivity index (χ2n) is 6.58. The molecule has 1 unspecified atom stereocenters. The third-order valence-corrected chi connectivity index (χ3v) is 4.52. The highest BCUT2D eigenvalue weighted by Crippen LogP contribution is 2.24. The van der Waals surface area contributed by atoms with Crippen molar-refractivity contribution in [2.24, 2.45) is 0 Å². The van der Waals surface area contributed by atoms with Crippen LogP contribution in [0.1, 0.15) is 11.1 Å². The Bertz CT molecular complexity index is 1030. The molecule has 0 N–H and O–H groups in total. The zero-order valence-electron chi connectivity index (χ0n) is 16.0. The smallest absolute Gasteiger partial charge is 0.246 e. The SMILES string of the molecule is C#Cc1cccc(OCC2CN(C(=O)C=Cc3c(F)c(F)c(F)c(F)c3F)CCO2)c1. The van der Waals surface area contributed by atoms with Gasteiger partial charge >= 0.3 is 0 Å². The minimum atomic E-state index is -2.26. The van der Waals surface area contributed by atoms with E-state index in [0.29, 0.717) is 17.4 Å². The summed E-state index contributed by atoms with van der Waals surface area (Å²) in [5.74, 6) is -8.12. The van der Waals surface area contributed by atoms with Crippen molar-refractivity contribution in [3.05, 3.63) is 70.6 Å². The molecule has 2 aromatic rings. The molecule has 162 valence electrons. The number of amides is 1. The van der Waals surface area contributed by atoms with Gasteiger partial charge in [0.15, 0.2) is 23.3 Å². The average molecular weight is 437 g/mol. The van der Waals surface area contributed by atoms with Crippen molar-refractivity contribution < 1.29 is 36.2 Å². The fraction of sp³-hybridized carbons (Fsp3) is 0.227. The average Bonchev–Trinajstić information content (AvgIpc) is 2.80. The Morgan fingerprint density at radius 1 is 1.16 bits per heavy atom. The summed E-state index contributed by atoms with van der Waals surface area (Å²) in [6.07, 6.45) is 6.15. The molecule has 1 heterocycles. The van der Waals surface area contributed by atoms with Crippen LogP contribution in [0.2, 0.25) is 0 Å². The predicted molar refractivity (Wildman–Crippen MR) is 101 cm³/mol. The summed E-state index contributed by atoms with van der Waals surface area (Å²) in [4.78, 5) is 13.7.